The van der Waals surface area contributed by atoms with E-state index in [-0.39, 0.29) is 35.9 Å². The molecular weight excluding hydrogens is 479 g/mol. The standard InChI is InChI=1S/C22H36N4O2.HI/c1-5-25(6-2)16-19-11-8-10-18(14-19)15-24-22(23-4)26-13-9-12-20(17-26)21(27)28-7-3;/h8,10-11,14,20H,5-7,9,12-13,15-17H2,1-4H3,(H,23,24);1H. The fraction of sp³-hybridized carbons (Fsp3) is 0.636. The summed E-state index contributed by atoms with van der Waals surface area (Å²) in [5.74, 6) is 0.694. The Bertz CT molecular complexity index is 649. The first-order chi connectivity index (χ1) is 13.6. The third-order valence-electron chi connectivity index (χ3n) is 5.30. The van der Waals surface area contributed by atoms with E-state index in [1.807, 2.05) is 6.92 Å². The van der Waals surface area contributed by atoms with Crippen molar-refractivity contribution in [1.29, 1.82) is 0 Å². The summed E-state index contributed by atoms with van der Waals surface area (Å²) in [7, 11) is 1.80. The van der Waals surface area contributed by atoms with Crippen LogP contribution in [-0.2, 0) is 22.6 Å². The number of carbonyl (C=O) groups excluding carboxylic acids is 1. The number of esters is 1. The Morgan fingerprint density at radius 3 is 2.66 bits per heavy atom. The van der Waals surface area contributed by atoms with Crippen LogP contribution in [0.5, 0.6) is 0 Å². The largest absolute Gasteiger partial charge is 0.466 e. The Morgan fingerprint density at radius 2 is 2.00 bits per heavy atom. The lowest BCUT2D eigenvalue weighted by molar-refractivity contribution is -0.149. The fourth-order valence-corrected chi connectivity index (χ4v) is 3.68. The minimum Gasteiger partial charge on any atom is -0.466 e. The van der Waals surface area contributed by atoms with Gasteiger partial charge in [-0.25, -0.2) is 0 Å². The normalized spacial score (nSPS) is 17.1. The summed E-state index contributed by atoms with van der Waals surface area (Å²) < 4.78 is 5.21. The molecule has 2 rings (SSSR count). The van der Waals surface area contributed by atoms with Gasteiger partial charge >= 0.3 is 5.97 Å². The molecule has 7 heteroatoms. The molecule has 6 nitrogen and oxygen atoms in total. The zero-order chi connectivity index (χ0) is 20.4. The van der Waals surface area contributed by atoms with Crippen LogP contribution in [-0.4, -0.2) is 61.6 Å². The second-order valence-electron chi connectivity index (χ2n) is 7.22. The van der Waals surface area contributed by atoms with Crippen LogP contribution >= 0.6 is 24.0 Å². The smallest absolute Gasteiger partial charge is 0.310 e. The van der Waals surface area contributed by atoms with E-state index >= 15 is 0 Å². The molecule has 164 valence electrons. The lowest BCUT2D eigenvalue weighted by atomic mass is 9.98. The summed E-state index contributed by atoms with van der Waals surface area (Å²) in [5.41, 5.74) is 2.57. The predicted molar refractivity (Wildman–Crippen MR) is 130 cm³/mol. The van der Waals surface area contributed by atoms with E-state index in [1.54, 1.807) is 7.05 Å². The molecule has 0 bridgehead atoms. The number of nitrogens with zero attached hydrogens (tertiary/aromatic N) is 3. The van der Waals surface area contributed by atoms with E-state index < -0.39 is 0 Å². The number of piperidine rings is 1. The zero-order valence-corrected chi connectivity index (χ0v) is 20.6. The molecule has 1 aliphatic rings. The number of nitrogens with one attached hydrogen (secondary N) is 1. The van der Waals surface area contributed by atoms with Crippen molar-refractivity contribution in [2.24, 2.45) is 10.9 Å². The summed E-state index contributed by atoms with van der Waals surface area (Å²) in [6.07, 6.45) is 1.86. The van der Waals surface area contributed by atoms with E-state index in [9.17, 15) is 4.79 Å². The van der Waals surface area contributed by atoms with Crippen molar-refractivity contribution in [3.05, 3.63) is 35.4 Å². The first-order valence-electron chi connectivity index (χ1n) is 10.5. The number of carbonyl (C=O) groups is 1. The number of aliphatic imine (C=N–C) groups is 1. The van der Waals surface area contributed by atoms with Crippen LogP contribution in [0, 0.1) is 5.92 Å². The maximum absolute atomic E-state index is 12.1. The zero-order valence-electron chi connectivity index (χ0n) is 18.3. The molecule has 0 radical (unpaired) electrons. The summed E-state index contributed by atoms with van der Waals surface area (Å²) in [6, 6.07) is 8.71. The Hall–Kier alpha value is -1.35. The number of likely N-dealkylation sites (tertiary alicyclic amines) is 1. The quantitative estimate of drug-likeness (QED) is 0.248. The van der Waals surface area contributed by atoms with Gasteiger partial charge in [0.05, 0.1) is 12.5 Å². The number of hydrogen-bond acceptors (Lipinski definition) is 4. The Labute approximate surface area is 193 Å². The van der Waals surface area contributed by atoms with E-state index in [4.69, 9.17) is 4.74 Å². The molecule has 1 N–H and O–H groups in total. The maximum atomic E-state index is 12.1. The molecule has 29 heavy (non-hydrogen) atoms. The highest BCUT2D eigenvalue weighted by Gasteiger charge is 2.28. The van der Waals surface area contributed by atoms with Gasteiger partial charge < -0.3 is 15.0 Å². The number of guanidine groups is 1. The van der Waals surface area contributed by atoms with Gasteiger partial charge in [0.1, 0.15) is 0 Å². The molecular formula is C22H37IN4O2. The molecule has 1 aliphatic heterocycles. The summed E-state index contributed by atoms with van der Waals surface area (Å²) in [5, 5.41) is 3.47. The SMILES string of the molecule is CCOC(=O)C1CCCN(C(=NC)NCc2cccc(CN(CC)CC)c2)C1.I. The third-order valence-corrected chi connectivity index (χ3v) is 5.30. The molecule has 0 aromatic heterocycles. The lowest BCUT2D eigenvalue weighted by Gasteiger charge is -2.34. The molecule has 1 fully saturated rings. The van der Waals surface area contributed by atoms with Gasteiger partial charge in [0.15, 0.2) is 5.96 Å². The van der Waals surface area contributed by atoms with E-state index in [1.165, 1.54) is 11.1 Å². The molecule has 0 aliphatic carbocycles. The van der Waals surface area contributed by atoms with Crippen LogP contribution in [0.25, 0.3) is 0 Å². The molecule has 1 unspecified atom stereocenters. The maximum Gasteiger partial charge on any atom is 0.310 e. The first kappa shape index (κ1) is 25.7. The first-order valence-corrected chi connectivity index (χ1v) is 10.5. The minimum atomic E-state index is -0.0910. The predicted octanol–water partition coefficient (Wildman–Crippen LogP) is 3.50. The Balaban J connectivity index is 0.00000420. The number of hydrogen-bond donors (Lipinski definition) is 1. The molecule has 0 spiro atoms. The lowest BCUT2D eigenvalue weighted by Crippen LogP contribution is -2.48. The van der Waals surface area contributed by atoms with Crippen LogP contribution in [0.3, 0.4) is 0 Å². The molecule has 1 aromatic carbocycles. The second kappa shape index (κ2) is 13.8. The molecule has 0 amide bonds. The highest BCUT2D eigenvalue weighted by atomic mass is 127. The van der Waals surface area contributed by atoms with Gasteiger partial charge in [-0.2, -0.15) is 0 Å². The molecule has 1 saturated heterocycles. The van der Waals surface area contributed by atoms with Crippen molar-refractivity contribution in [2.75, 3.05) is 39.8 Å². The third kappa shape index (κ3) is 8.12. The van der Waals surface area contributed by atoms with Gasteiger partial charge in [0.25, 0.3) is 0 Å². The summed E-state index contributed by atoms with van der Waals surface area (Å²) >= 11 is 0. The monoisotopic (exact) mass is 516 g/mol. The van der Waals surface area contributed by atoms with Crippen molar-refractivity contribution < 1.29 is 9.53 Å². The van der Waals surface area contributed by atoms with Gasteiger partial charge in [-0.3, -0.25) is 14.7 Å². The van der Waals surface area contributed by atoms with E-state index in [2.05, 4.69) is 58.2 Å². The fourth-order valence-electron chi connectivity index (χ4n) is 3.68. The average molecular weight is 516 g/mol. The molecule has 1 heterocycles. The van der Waals surface area contributed by atoms with Crippen molar-refractivity contribution >= 4 is 35.9 Å². The number of rotatable bonds is 8. The number of halogens is 1. The number of ether oxygens (including phenoxy) is 1. The Morgan fingerprint density at radius 1 is 1.28 bits per heavy atom. The van der Waals surface area contributed by atoms with Gasteiger partial charge in [-0.05, 0) is 44.0 Å². The summed E-state index contributed by atoms with van der Waals surface area (Å²) in [4.78, 5) is 21.1. The van der Waals surface area contributed by atoms with Gasteiger partial charge in [-0.15, -0.1) is 24.0 Å². The highest BCUT2D eigenvalue weighted by Crippen LogP contribution is 2.18. The topological polar surface area (TPSA) is 57.2 Å². The average Bonchev–Trinajstić information content (AvgIpc) is 2.73. The van der Waals surface area contributed by atoms with Crippen LogP contribution in [0.4, 0.5) is 0 Å². The molecule has 1 atom stereocenters. The van der Waals surface area contributed by atoms with Crippen LogP contribution in [0.15, 0.2) is 29.3 Å². The van der Waals surface area contributed by atoms with Crippen molar-refractivity contribution in [3.63, 3.8) is 0 Å². The van der Waals surface area contributed by atoms with Gasteiger partial charge in [-0.1, -0.05) is 38.1 Å². The molecule has 1 aromatic rings. The van der Waals surface area contributed by atoms with Gasteiger partial charge in [0, 0.05) is 33.2 Å². The van der Waals surface area contributed by atoms with Gasteiger partial charge in [0.2, 0.25) is 0 Å². The van der Waals surface area contributed by atoms with Crippen molar-refractivity contribution in [1.82, 2.24) is 15.1 Å². The van der Waals surface area contributed by atoms with Crippen molar-refractivity contribution in [3.8, 4) is 0 Å². The van der Waals surface area contributed by atoms with E-state index in [0.717, 1.165) is 51.5 Å². The minimum absolute atomic E-state index is 0. The highest BCUT2D eigenvalue weighted by molar-refractivity contribution is 14.0. The van der Waals surface area contributed by atoms with Crippen LogP contribution < -0.4 is 5.32 Å². The molecule has 0 saturated carbocycles. The van der Waals surface area contributed by atoms with Crippen LogP contribution in [0.2, 0.25) is 0 Å². The summed E-state index contributed by atoms with van der Waals surface area (Å²) in [6.45, 7) is 12.1. The van der Waals surface area contributed by atoms with E-state index in [0.29, 0.717) is 13.2 Å². The Kier molecular flexibility index (Phi) is 12.2. The number of benzene rings is 1. The van der Waals surface area contributed by atoms with Crippen molar-refractivity contribution in [2.45, 2.75) is 46.7 Å². The van der Waals surface area contributed by atoms with Crippen LogP contribution in [0.1, 0.15) is 44.7 Å². The second-order valence-corrected chi connectivity index (χ2v) is 7.22.